The summed E-state index contributed by atoms with van der Waals surface area (Å²) < 4.78 is 11.0. The van der Waals surface area contributed by atoms with Crippen LogP contribution in [0.25, 0.3) is 0 Å². The van der Waals surface area contributed by atoms with Crippen molar-refractivity contribution in [3.63, 3.8) is 0 Å². The summed E-state index contributed by atoms with van der Waals surface area (Å²) in [7, 11) is 3.13. The van der Waals surface area contributed by atoms with Crippen molar-refractivity contribution in [2.24, 2.45) is 0 Å². The molecular formula is C29H39N3O4. The van der Waals surface area contributed by atoms with Gasteiger partial charge in [0.2, 0.25) is 5.91 Å². The smallest absolute Gasteiger partial charge is 0.254 e. The third-order valence-electron chi connectivity index (χ3n) is 7.54. The quantitative estimate of drug-likeness (QED) is 0.476. The molecule has 0 aliphatic carbocycles. The van der Waals surface area contributed by atoms with E-state index >= 15 is 0 Å². The number of hydrogen-bond donors (Lipinski definition) is 1. The second-order valence-corrected chi connectivity index (χ2v) is 9.60. The van der Waals surface area contributed by atoms with Gasteiger partial charge in [0.1, 0.15) is 0 Å². The summed E-state index contributed by atoms with van der Waals surface area (Å²) >= 11 is 0. The Labute approximate surface area is 214 Å². The minimum absolute atomic E-state index is 0.0562. The molecule has 0 saturated heterocycles. The number of methoxy groups -OCH3 is 2. The van der Waals surface area contributed by atoms with Crippen molar-refractivity contribution in [3.8, 4) is 11.5 Å². The van der Waals surface area contributed by atoms with Gasteiger partial charge in [-0.3, -0.25) is 9.59 Å². The summed E-state index contributed by atoms with van der Waals surface area (Å²) in [4.78, 5) is 31.8. The number of amides is 2. The molecule has 2 aromatic rings. The lowest BCUT2D eigenvalue weighted by Crippen LogP contribution is -2.50. The van der Waals surface area contributed by atoms with Crippen LogP contribution in [0.2, 0.25) is 0 Å². The highest BCUT2D eigenvalue weighted by Crippen LogP contribution is 2.48. The van der Waals surface area contributed by atoms with Crippen LogP contribution in [0.15, 0.2) is 36.4 Å². The van der Waals surface area contributed by atoms with Gasteiger partial charge in [-0.25, -0.2) is 0 Å². The molecule has 1 N–H and O–H groups in total. The molecule has 2 heterocycles. The van der Waals surface area contributed by atoms with E-state index in [1.54, 1.807) is 20.3 Å². The Balaban J connectivity index is 1.64. The van der Waals surface area contributed by atoms with Crippen LogP contribution in [0, 0.1) is 0 Å². The fourth-order valence-corrected chi connectivity index (χ4v) is 5.57. The van der Waals surface area contributed by atoms with Gasteiger partial charge in [0.05, 0.1) is 26.2 Å². The van der Waals surface area contributed by atoms with Gasteiger partial charge in [-0.2, -0.15) is 0 Å². The van der Waals surface area contributed by atoms with Crippen molar-refractivity contribution in [3.05, 3.63) is 58.7 Å². The van der Waals surface area contributed by atoms with Gasteiger partial charge in [0, 0.05) is 18.7 Å². The first-order valence-corrected chi connectivity index (χ1v) is 13.2. The van der Waals surface area contributed by atoms with Crippen LogP contribution in [0.1, 0.15) is 72.1 Å². The molecule has 0 spiro atoms. The second-order valence-electron chi connectivity index (χ2n) is 9.60. The standard InChI is InChI=1S/C29H39N3O4/c1-5-7-15-31(6-2)16-10-14-30-28(33)26-22-18-24(35-3)25(36-4)19-23(22)29(34)32-17-13-20-11-8-9-12-21(20)27(26)32/h8-9,11-12,18-19,26-27H,5-7,10,13-17H2,1-4H3,(H,30,33)/t26-,27+/m0/s1. The van der Waals surface area contributed by atoms with Gasteiger partial charge in [-0.1, -0.05) is 44.5 Å². The van der Waals surface area contributed by atoms with E-state index in [0.717, 1.165) is 38.0 Å². The molecule has 0 fully saturated rings. The topological polar surface area (TPSA) is 71.1 Å². The predicted octanol–water partition coefficient (Wildman–Crippen LogP) is 4.17. The first kappa shape index (κ1) is 26.0. The summed E-state index contributed by atoms with van der Waals surface area (Å²) in [6.07, 6.45) is 4.04. The Morgan fingerprint density at radius 3 is 2.50 bits per heavy atom. The average Bonchev–Trinajstić information content (AvgIpc) is 2.91. The Hall–Kier alpha value is -3.06. The van der Waals surface area contributed by atoms with Gasteiger partial charge >= 0.3 is 0 Å². The average molecular weight is 494 g/mol. The van der Waals surface area contributed by atoms with Crippen LogP contribution in [-0.4, -0.2) is 68.6 Å². The maximum absolute atomic E-state index is 13.8. The third kappa shape index (κ3) is 5.07. The van der Waals surface area contributed by atoms with Crippen molar-refractivity contribution in [2.45, 2.75) is 51.5 Å². The Bertz CT molecular complexity index is 1090. The molecule has 7 nitrogen and oxygen atoms in total. The monoisotopic (exact) mass is 493 g/mol. The number of rotatable bonds is 11. The number of fused-ring (bicyclic) bond motifs is 4. The maximum atomic E-state index is 13.8. The molecule has 2 atom stereocenters. The van der Waals surface area contributed by atoms with E-state index in [1.807, 2.05) is 23.1 Å². The molecule has 194 valence electrons. The molecule has 0 saturated carbocycles. The zero-order chi connectivity index (χ0) is 25.7. The summed E-state index contributed by atoms with van der Waals surface area (Å²) in [6, 6.07) is 11.4. The molecule has 4 rings (SSSR count). The molecule has 7 heteroatoms. The number of hydrogen-bond acceptors (Lipinski definition) is 5. The highest BCUT2D eigenvalue weighted by atomic mass is 16.5. The van der Waals surface area contributed by atoms with Gasteiger partial charge in [0.15, 0.2) is 11.5 Å². The zero-order valence-corrected chi connectivity index (χ0v) is 22.0. The van der Waals surface area contributed by atoms with E-state index in [-0.39, 0.29) is 17.9 Å². The van der Waals surface area contributed by atoms with Crippen molar-refractivity contribution in [1.29, 1.82) is 0 Å². The summed E-state index contributed by atoms with van der Waals surface area (Å²) in [5.74, 6) is 0.366. The van der Waals surface area contributed by atoms with Crippen molar-refractivity contribution in [2.75, 3.05) is 46.9 Å². The molecule has 2 aromatic carbocycles. The molecule has 0 aromatic heterocycles. The van der Waals surface area contributed by atoms with Crippen LogP contribution in [0.5, 0.6) is 11.5 Å². The lowest BCUT2D eigenvalue weighted by atomic mass is 9.75. The molecule has 0 bridgehead atoms. The molecule has 0 unspecified atom stereocenters. The molecule has 2 aliphatic heterocycles. The zero-order valence-electron chi connectivity index (χ0n) is 22.0. The number of nitrogens with one attached hydrogen (secondary N) is 1. The molecular weight excluding hydrogens is 454 g/mol. The van der Waals surface area contributed by atoms with Crippen molar-refractivity contribution >= 4 is 11.8 Å². The molecule has 2 amide bonds. The van der Waals surface area contributed by atoms with Gasteiger partial charge in [-0.05, 0) is 67.7 Å². The van der Waals surface area contributed by atoms with Gasteiger partial charge in [0.25, 0.3) is 5.91 Å². The molecule has 36 heavy (non-hydrogen) atoms. The highest BCUT2D eigenvalue weighted by Gasteiger charge is 2.46. The van der Waals surface area contributed by atoms with Crippen molar-refractivity contribution in [1.82, 2.24) is 15.1 Å². The number of benzene rings is 2. The van der Waals surface area contributed by atoms with E-state index in [0.29, 0.717) is 35.7 Å². The number of ether oxygens (including phenoxy) is 2. The van der Waals surface area contributed by atoms with E-state index in [1.165, 1.54) is 18.4 Å². The predicted molar refractivity (Wildman–Crippen MR) is 141 cm³/mol. The number of carbonyl (C=O) groups excluding carboxylic acids is 2. The third-order valence-corrected chi connectivity index (χ3v) is 7.54. The summed E-state index contributed by atoms with van der Waals surface area (Å²) in [5.41, 5.74) is 3.46. The normalized spacial score (nSPS) is 18.4. The summed E-state index contributed by atoms with van der Waals surface area (Å²) in [6.45, 7) is 8.64. The number of carbonyl (C=O) groups is 2. The molecule has 2 aliphatic rings. The van der Waals surface area contributed by atoms with Crippen LogP contribution in [-0.2, 0) is 11.2 Å². The van der Waals surface area contributed by atoms with E-state index in [9.17, 15) is 9.59 Å². The van der Waals surface area contributed by atoms with E-state index in [2.05, 4.69) is 36.2 Å². The largest absolute Gasteiger partial charge is 0.493 e. The SMILES string of the molecule is CCCCN(CC)CCCNC(=O)[C@H]1c2cc(OC)c(OC)cc2C(=O)N2CCc3ccccc3[C@H]12. The minimum Gasteiger partial charge on any atom is -0.493 e. The van der Waals surface area contributed by atoms with Gasteiger partial charge < -0.3 is 24.6 Å². The van der Waals surface area contributed by atoms with Crippen LogP contribution in [0.4, 0.5) is 0 Å². The fourth-order valence-electron chi connectivity index (χ4n) is 5.57. The van der Waals surface area contributed by atoms with E-state index < -0.39 is 5.92 Å². The molecule has 0 radical (unpaired) electrons. The van der Waals surface area contributed by atoms with Crippen LogP contribution >= 0.6 is 0 Å². The number of unbranched alkanes of at least 4 members (excludes halogenated alkanes) is 1. The number of nitrogens with zero attached hydrogens (tertiary/aromatic N) is 2. The maximum Gasteiger partial charge on any atom is 0.254 e. The van der Waals surface area contributed by atoms with Crippen molar-refractivity contribution < 1.29 is 19.1 Å². The summed E-state index contributed by atoms with van der Waals surface area (Å²) in [5, 5.41) is 3.20. The van der Waals surface area contributed by atoms with E-state index in [4.69, 9.17) is 9.47 Å². The Morgan fingerprint density at radius 2 is 1.78 bits per heavy atom. The Morgan fingerprint density at radius 1 is 1.06 bits per heavy atom. The first-order valence-electron chi connectivity index (χ1n) is 13.2. The first-order chi connectivity index (χ1) is 17.5. The van der Waals surface area contributed by atoms with Gasteiger partial charge in [-0.15, -0.1) is 0 Å². The minimum atomic E-state index is -0.527. The second kappa shape index (κ2) is 11.8. The lowest BCUT2D eigenvalue weighted by Gasteiger charge is -2.45. The highest BCUT2D eigenvalue weighted by molar-refractivity contribution is 6.02. The van der Waals surface area contributed by atoms with Crippen LogP contribution < -0.4 is 14.8 Å². The fraction of sp³-hybridized carbons (Fsp3) is 0.517. The lowest BCUT2D eigenvalue weighted by molar-refractivity contribution is -0.124. The Kier molecular flexibility index (Phi) is 8.52. The van der Waals surface area contributed by atoms with Crippen LogP contribution in [0.3, 0.4) is 0 Å².